The first-order valence-electron chi connectivity index (χ1n) is 15.7. The van der Waals surface area contributed by atoms with Crippen LogP contribution in [0.2, 0.25) is 0 Å². The first-order chi connectivity index (χ1) is 22.8. The molecule has 12 nitrogen and oxygen atoms in total. The molecule has 1 saturated carbocycles. The van der Waals surface area contributed by atoms with Crippen molar-refractivity contribution in [1.29, 1.82) is 0 Å². The third-order valence-electron chi connectivity index (χ3n) is 9.23. The summed E-state index contributed by atoms with van der Waals surface area (Å²) in [7, 11) is 3.19. The summed E-state index contributed by atoms with van der Waals surface area (Å²) in [6.45, 7) is 2.44. The number of hydrogen-bond acceptors (Lipinski definition) is 9. The van der Waals surface area contributed by atoms with Crippen LogP contribution in [0.3, 0.4) is 0 Å². The molecule has 4 heterocycles. The highest BCUT2D eigenvalue weighted by atomic mass is 32.1. The molecule has 3 aliphatic rings. The molecule has 3 N–H and O–H groups in total. The summed E-state index contributed by atoms with van der Waals surface area (Å²) in [4.78, 5) is 56.0. The van der Waals surface area contributed by atoms with Gasteiger partial charge in [0.05, 0.1) is 18.0 Å². The molecule has 1 aromatic carbocycles. The molecule has 1 saturated heterocycles. The number of rotatable bonds is 5. The first kappa shape index (κ1) is 33.4. The van der Waals surface area contributed by atoms with Crippen molar-refractivity contribution in [3.8, 4) is 22.5 Å². The van der Waals surface area contributed by atoms with Gasteiger partial charge in [0.2, 0.25) is 17.7 Å². The lowest BCUT2D eigenvalue weighted by atomic mass is 9.97. The Hall–Kier alpha value is -4.47. The molecule has 4 amide bonds. The van der Waals surface area contributed by atoms with Crippen molar-refractivity contribution in [1.82, 2.24) is 30.1 Å². The molecule has 0 bridgehead atoms. The summed E-state index contributed by atoms with van der Waals surface area (Å²) in [5.74, 6) is -0.855. The van der Waals surface area contributed by atoms with Crippen LogP contribution >= 0.6 is 11.3 Å². The standard InChI is InChI=1S/C32H36F3N7O5S/c1-17-22(46-3)10-9-20-24(17)38-25(28-37-23(16-48-28)32(33,34)35)39-27(20)47-19-11-13-42-21(14-19)26(43)40-31(29(36)44)15-18(31)8-6-4-5-7-12-41(2)30(42)45/h6,8-10,16,18-19,21H,4-5,7,11-15H2,1-3H3,(H2,36,44)(H,40,43)/t18-,19+,21+,31-/m1/s1. The topological polar surface area (TPSA) is 153 Å². The largest absolute Gasteiger partial charge is 0.496 e. The maximum Gasteiger partial charge on any atom is 0.434 e. The van der Waals surface area contributed by atoms with Gasteiger partial charge in [0.1, 0.15) is 23.4 Å². The van der Waals surface area contributed by atoms with E-state index >= 15 is 0 Å². The van der Waals surface area contributed by atoms with Crippen molar-refractivity contribution in [2.45, 2.75) is 69.3 Å². The van der Waals surface area contributed by atoms with Crippen LogP contribution in [-0.4, -0.2) is 87.5 Å². The normalized spacial score (nSPS) is 25.2. The molecule has 1 aliphatic carbocycles. The van der Waals surface area contributed by atoms with Gasteiger partial charge < -0.3 is 30.3 Å². The van der Waals surface area contributed by atoms with Crippen LogP contribution in [0.4, 0.5) is 18.0 Å². The number of halogens is 3. The van der Waals surface area contributed by atoms with E-state index in [1.54, 1.807) is 31.0 Å². The molecule has 0 unspecified atom stereocenters. The van der Waals surface area contributed by atoms with Gasteiger partial charge in [0, 0.05) is 49.8 Å². The van der Waals surface area contributed by atoms with Crippen LogP contribution in [-0.2, 0) is 15.8 Å². The number of carbonyl (C=O) groups is 3. The Kier molecular flexibility index (Phi) is 8.96. The molecule has 2 aromatic heterocycles. The van der Waals surface area contributed by atoms with E-state index in [2.05, 4.69) is 20.3 Å². The highest BCUT2D eigenvalue weighted by molar-refractivity contribution is 7.13. The maximum atomic E-state index is 13.9. The second kappa shape index (κ2) is 12.9. The second-order valence-corrected chi connectivity index (χ2v) is 13.3. The van der Waals surface area contributed by atoms with Gasteiger partial charge >= 0.3 is 12.2 Å². The van der Waals surface area contributed by atoms with Crippen LogP contribution in [0.15, 0.2) is 29.7 Å². The van der Waals surface area contributed by atoms with Crippen LogP contribution in [0.1, 0.15) is 49.8 Å². The molecule has 0 spiro atoms. The zero-order valence-corrected chi connectivity index (χ0v) is 27.5. The molecule has 2 aliphatic heterocycles. The third kappa shape index (κ3) is 6.36. The van der Waals surface area contributed by atoms with Gasteiger partial charge in [-0.05, 0) is 44.7 Å². The minimum atomic E-state index is -4.64. The molecule has 4 atom stereocenters. The molecule has 256 valence electrons. The molecule has 3 aromatic rings. The van der Waals surface area contributed by atoms with Crippen molar-refractivity contribution >= 4 is 40.1 Å². The fourth-order valence-corrected chi connectivity index (χ4v) is 7.13. The van der Waals surface area contributed by atoms with Gasteiger partial charge in [0.25, 0.3) is 0 Å². The fraction of sp³-hybridized carbons (Fsp3) is 0.500. The van der Waals surface area contributed by atoms with E-state index in [9.17, 15) is 27.6 Å². The SMILES string of the molecule is COc1ccc2c(O[C@H]3CCN4C(=O)N(C)CCCCC=C[C@@H]5C[C@@]5(C(N)=O)NC(=O)[C@@H]4C3)nc(-c3nc(C(F)(F)F)cs3)nc2c1C. The Balaban J connectivity index is 1.34. The van der Waals surface area contributed by atoms with Crippen LogP contribution in [0, 0.1) is 12.8 Å². The number of aromatic nitrogens is 3. The number of fused-ring (bicyclic) bond motifs is 3. The molecule has 16 heteroatoms. The highest BCUT2D eigenvalue weighted by Crippen LogP contribution is 2.45. The molecule has 0 radical (unpaired) electrons. The predicted octanol–water partition coefficient (Wildman–Crippen LogP) is 4.45. The third-order valence-corrected chi connectivity index (χ3v) is 10.1. The average molecular weight is 688 g/mol. The molecular weight excluding hydrogens is 651 g/mol. The molecular formula is C32H36F3N7O5S. The van der Waals surface area contributed by atoms with E-state index in [0.29, 0.717) is 41.6 Å². The minimum absolute atomic E-state index is 0.0463. The maximum absolute atomic E-state index is 13.9. The number of urea groups is 1. The number of carbonyl (C=O) groups excluding carboxylic acids is 3. The minimum Gasteiger partial charge on any atom is -0.496 e. The zero-order chi connectivity index (χ0) is 34.4. The van der Waals surface area contributed by atoms with E-state index in [1.807, 2.05) is 12.2 Å². The number of primary amides is 1. The van der Waals surface area contributed by atoms with E-state index in [4.69, 9.17) is 15.2 Å². The van der Waals surface area contributed by atoms with E-state index in [0.717, 1.165) is 36.0 Å². The lowest BCUT2D eigenvalue weighted by Crippen LogP contribution is -2.61. The lowest BCUT2D eigenvalue weighted by molar-refractivity contribution is -0.140. The quantitative estimate of drug-likeness (QED) is 0.373. The number of nitrogens with two attached hydrogens (primary N) is 1. The Labute approximate surface area is 278 Å². The number of allylic oxidation sites excluding steroid dienone is 1. The number of nitrogens with zero attached hydrogens (tertiary/aromatic N) is 5. The average Bonchev–Trinajstić information content (AvgIpc) is 3.49. The fourth-order valence-electron chi connectivity index (χ4n) is 6.37. The molecule has 2 fully saturated rings. The lowest BCUT2D eigenvalue weighted by Gasteiger charge is -2.40. The Morgan fingerprint density at radius 3 is 2.67 bits per heavy atom. The number of piperidine rings is 1. The summed E-state index contributed by atoms with van der Waals surface area (Å²) in [5.41, 5.74) is 4.50. The number of methoxy groups -OCH3 is 1. The number of alkyl halides is 3. The van der Waals surface area contributed by atoms with Gasteiger partial charge in [-0.2, -0.15) is 18.2 Å². The van der Waals surface area contributed by atoms with E-state index in [-0.39, 0.29) is 41.6 Å². The number of aryl methyl sites for hydroxylation is 1. The zero-order valence-electron chi connectivity index (χ0n) is 26.7. The summed E-state index contributed by atoms with van der Waals surface area (Å²) in [6, 6.07) is 2.10. The Morgan fingerprint density at radius 2 is 1.96 bits per heavy atom. The van der Waals surface area contributed by atoms with E-state index in [1.165, 1.54) is 12.0 Å². The smallest absolute Gasteiger partial charge is 0.434 e. The number of hydrogen-bond donors (Lipinski definition) is 2. The monoisotopic (exact) mass is 687 g/mol. The first-order valence-corrected chi connectivity index (χ1v) is 16.6. The number of amides is 4. The number of nitrogens with one attached hydrogen (secondary N) is 1. The number of thiazole rings is 1. The van der Waals surface area contributed by atoms with Gasteiger partial charge in [-0.25, -0.2) is 14.8 Å². The number of ether oxygens (including phenoxy) is 2. The summed E-state index contributed by atoms with van der Waals surface area (Å²) in [6.07, 6.45) is 1.81. The summed E-state index contributed by atoms with van der Waals surface area (Å²) >= 11 is 0.757. The van der Waals surface area contributed by atoms with Gasteiger partial charge in [0.15, 0.2) is 16.5 Å². The summed E-state index contributed by atoms with van der Waals surface area (Å²) in [5, 5.41) is 4.20. The Morgan fingerprint density at radius 1 is 1.17 bits per heavy atom. The highest BCUT2D eigenvalue weighted by Gasteiger charge is 2.59. The summed E-state index contributed by atoms with van der Waals surface area (Å²) < 4.78 is 52.1. The van der Waals surface area contributed by atoms with Crippen LogP contribution < -0.4 is 20.5 Å². The van der Waals surface area contributed by atoms with Gasteiger partial charge in [-0.15, -0.1) is 11.3 Å². The van der Waals surface area contributed by atoms with E-state index < -0.39 is 41.4 Å². The van der Waals surface area contributed by atoms with Crippen molar-refractivity contribution in [3.63, 3.8) is 0 Å². The second-order valence-electron chi connectivity index (χ2n) is 12.4. The van der Waals surface area contributed by atoms with Crippen molar-refractivity contribution < 1.29 is 37.0 Å². The van der Waals surface area contributed by atoms with Crippen molar-refractivity contribution in [2.24, 2.45) is 11.7 Å². The molecule has 48 heavy (non-hydrogen) atoms. The van der Waals surface area contributed by atoms with Crippen molar-refractivity contribution in [3.05, 3.63) is 40.9 Å². The van der Waals surface area contributed by atoms with Crippen LogP contribution in [0.5, 0.6) is 11.6 Å². The van der Waals surface area contributed by atoms with Crippen LogP contribution in [0.25, 0.3) is 21.7 Å². The van der Waals surface area contributed by atoms with Gasteiger partial charge in [-0.1, -0.05) is 12.2 Å². The van der Waals surface area contributed by atoms with Crippen molar-refractivity contribution in [2.75, 3.05) is 27.2 Å². The number of benzene rings is 1. The van der Waals surface area contributed by atoms with Gasteiger partial charge in [-0.3, -0.25) is 9.59 Å². The Bertz CT molecular complexity index is 1780. The molecule has 6 rings (SSSR count). The predicted molar refractivity (Wildman–Crippen MR) is 170 cm³/mol.